The molecule has 1 aromatic carbocycles. The standard InChI is InChI=1S/C14H15Cl2N3O/c15-10-6-12-13(7-11(10)16)18-14(8-17-12)19(4-5-20)9-2-1-3-9/h6-9,20H,1-5H2. The van der Waals surface area contributed by atoms with Gasteiger partial charge in [-0.2, -0.15) is 0 Å². The molecule has 1 fully saturated rings. The average molecular weight is 312 g/mol. The number of fused-ring (bicyclic) bond motifs is 1. The number of hydrogen-bond donors (Lipinski definition) is 1. The van der Waals surface area contributed by atoms with Crippen molar-refractivity contribution >= 4 is 40.1 Å². The molecule has 0 saturated heterocycles. The highest BCUT2D eigenvalue weighted by molar-refractivity contribution is 6.42. The normalized spacial score (nSPS) is 15.3. The van der Waals surface area contributed by atoms with E-state index < -0.39 is 0 Å². The van der Waals surface area contributed by atoms with Crippen LogP contribution < -0.4 is 4.90 Å². The van der Waals surface area contributed by atoms with Crippen LogP contribution in [0.15, 0.2) is 18.3 Å². The van der Waals surface area contributed by atoms with Crippen molar-refractivity contribution in [1.82, 2.24) is 9.97 Å². The van der Waals surface area contributed by atoms with E-state index in [-0.39, 0.29) is 6.61 Å². The fourth-order valence-electron chi connectivity index (χ4n) is 2.43. The molecular weight excluding hydrogens is 297 g/mol. The van der Waals surface area contributed by atoms with Crippen LogP contribution in [0.4, 0.5) is 5.82 Å². The Morgan fingerprint density at radius 2 is 1.90 bits per heavy atom. The van der Waals surface area contributed by atoms with E-state index in [1.807, 2.05) is 0 Å². The second kappa shape index (κ2) is 5.72. The van der Waals surface area contributed by atoms with Gasteiger partial charge >= 0.3 is 0 Å². The van der Waals surface area contributed by atoms with Gasteiger partial charge in [-0.1, -0.05) is 23.2 Å². The molecule has 0 aliphatic heterocycles. The summed E-state index contributed by atoms with van der Waals surface area (Å²) in [6, 6.07) is 3.90. The Morgan fingerprint density at radius 1 is 1.20 bits per heavy atom. The molecule has 20 heavy (non-hydrogen) atoms. The molecule has 4 nitrogen and oxygen atoms in total. The van der Waals surface area contributed by atoms with Gasteiger partial charge in [-0.05, 0) is 31.4 Å². The molecule has 1 heterocycles. The number of aromatic nitrogens is 2. The molecular formula is C14H15Cl2N3O. The van der Waals surface area contributed by atoms with Crippen molar-refractivity contribution in [3.8, 4) is 0 Å². The van der Waals surface area contributed by atoms with Crippen LogP contribution >= 0.6 is 23.2 Å². The minimum atomic E-state index is 0.109. The molecule has 6 heteroatoms. The fourth-order valence-corrected chi connectivity index (χ4v) is 2.74. The number of anilines is 1. The molecule has 1 aliphatic carbocycles. The predicted molar refractivity (Wildman–Crippen MR) is 81.6 cm³/mol. The second-order valence-electron chi connectivity index (χ2n) is 4.98. The summed E-state index contributed by atoms with van der Waals surface area (Å²) in [6.07, 6.45) is 5.25. The third-order valence-corrected chi connectivity index (χ3v) is 4.44. The van der Waals surface area contributed by atoms with E-state index in [0.717, 1.165) is 29.7 Å². The van der Waals surface area contributed by atoms with E-state index in [0.29, 0.717) is 22.6 Å². The molecule has 1 aliphatic rings. The lowest BCUT2D eigenvalue weighted by molar-refractivity contribution is 0.283. The highest BCUT2D eigenvalue weighted by atomic mass is 35.5. The van der Waals surface area contributed by atoms with E-state index >= 15 is 0 Å². The topological polar surface area (TPSA) is 49.2 Å². The summed E-state index contributed by atoms with van der Waals surface area (Å²) in [5.74, 6) is 0.787. The van der Waals surface area contributed by atoms with Crippen molar-refractivity contribution < 1.29 is 5.11 Å². The van der Waals surface area contributed by atoms with Crippen molar-refractivity contribution in [2.75, 3.05) is 18.1 Å². The SMILES string of the molecule is OCCN(c1cnc2cc(Cl)c(Cl)cc2n1)C1CCC1. The van der Waals surface area contributed by atoms with E-state index in [4.69, 9.17) is 23.2 Å². The Hall–Kier alpha value is -1.10. The van der Waals surface area contributed by atoms with Crippen LogP contribution in [0.2, 0.25) is 10.0 Å². The van der Waals surface area contributed by atoms with Crippen molar-refractivity contribution in [1.29, 1.82) is 0 Å². The Morgan fingerprint density at radius 3 is 2.50 bits per heavy atom. The molecule has 0 amide bonds. The lowest BCUT2D eigenvalue weighted by Crippen LogP contribution is -2.42. The summed E-state index contributed by atoms with van der Waals surface area (Å²) in [6.45, 7) is 0.684. The average Bonchev–Trinajstić information content (AvgIpc) is 2.37. The first-order valence-electron chi connectivity index (χ1n) is 6.68. The summed E-state index contributed by atoms with van der Waals surface area (Å²) in [4.78, 5) is 11.1. The molecule has 1 saturated carbocycles. The molecule has 0 bridgehead atoms. The van der Waals surface area contributed by atoms with Crippen LogP contribution in [0, 0.1) is 0 Å². The van der Waals surface area contributed by atoms with Crippen molar-refractivity contribution in [2.24, 2.45) is 0 Å². The number of halogens is 2. The largest absolute Gasteiger partial charge is 0.395 e. The maximum atomic E-state index is 9.23. The van der Waals surface area contributed by atoms with Crippen molar-refractivity contribution in [2.45, 2.75) is 25.3 Å². The summed E-state index contributed by atoms with van der Waals surface area (Å²) in [5.41, 5.74) is 1.44. The number of benzene rings is 1. The van der Waals surface area contributed by atoms with E-state index in [1.165, 1.54) is 6.42 Å². The molecule has 0 unspecified atom stereocenters. The van der Waals surface area contributed by atoms with Gasteiger partial charge in [0.2, 0.25) is 0 Å². The molecule has 0 spiro atoms. The Balaban J connectivity index is 1.99. The molecule has 2 aromatic rings. The first-order chi connectivity index (χ1) is 9.69. The number of hydrogen-bond acceptors (Lipinski definition) is 4. The summed E-state index contributed by atoms with van der Waals surface area (Å²) in [7, 11) is 0. The quantitative estimate of drug-likeness (QED) is 0.941. The molecule has 1 N–H and O–H groups in total. The van der Waals surface area contributed by atoms with Crippen LogP contribution in [0.25, 0.3) is 11.0 Å². The zero-order valence-electron chi connectivity index (χ0n) is 10.9. The van der Waals surface area contributed by atoms with Crippen LogP contribution in [0.3, 0.4) is 0 Å². The van der Waals surface area contributed by atoms with E-state index in [2.05, 4.69) is 14.9 Å². The van der Waals surface area contributed by atoms with Crippen molar-refractivity contribution in [3.63, 3.8) is 0 Å². The third kappa shape index (κ3) is 2.55. The highest BCUT2D eigenvalue weighted by Crippen LogP contribution is 2.30. The van der Waals surface area contributed by atoms with Gasteiger partial charge in [0, 0.05) is 12.6 Å². The summed E-state index contributed by atoms with van der Waals surface area (Å²) in [5, 5.41) is 10.2. The van der Waals surface area contributed by atoms with Gasteiger partial charge in [0.15, 0.2) is 0 Å². The molecule has 3 rings (SSSR count). The van der Waals surface area contributed by atoms with Gasteiger partial charge in [-0.25, -0.2) is 4.98 Å². The summed E-state index contributed by atoms with van der Waals surface area (Å²) < 4.78 is 0. The zero-order valence-corrected chi connectivity index (χ0v) is 12.4. The number of aliphatic hydroxyl groups is 1. The molecule has 106 valence electrons. The summed E-state index contributed by atoms with van der Waals surface area (Å²) >= 11 is 12.0. The first kappa shape index (κ1) is 13.9. The van der Waals surface area contributed by atoms with Crippen LogP contribution in [0.5, 0.6) is 0 Å². The first-order valence-corrected chi connectivity index (χ1v) is 7.44. The minimum Gasteiger partial charge on any atom is -0.395 e. The predicted octanol–water partition coefficient (Wildman–Crippen LogP) is 3.29. The minimum absolute atomic E-state index is 0.109. The lowest BCUT2D eigenvalue weighted by Gasteiger charge is -2.37. The Labute approximate surface area is 127 Å². The van der Waals surface area contributed by atoms with Gasteiger partial charge in [0.05, 0.1) is 33.9 Å². The Bertz CT molecular complexity index is 631. The van der Waals surface area contributed by atoms with Gasteiger partial charge in [0.1, 0.15) is 5.82 Å². The number of aliphatic hydroxyl groups excluding tert-OH is 1. The van der Waals surface area contributed by atoms with Gasteiger partial charge in [-0.15, -0.1) is 0 Å². The van der Waals surface area contributed by atoms with Crippen LogP contribution in [-0.2, 0) is 0 Å². The third-order valence-electron chi connectivity index (χ3n) is 3.72. The lowest BCUT2D eigenvalue weighted by atomic mass is 9.91. The van der Waals surface area contributed by atoms with Gasteiger partial charge in [-0.3, -0.25) is 4.98 Å². The van der Waals surface area contributed by atoms with Crippen LogP contribution in [-0.4, -0.2) is 34.3 Å². The zero-order chi connectivity index (χ0) is 14.1. The van der Waals surface area contributed by atoms with E-state index in [1.54, 1.807) is 18.3 Å². The molecule has 1 aromatic heterocycles. The Kier molecular flexibility index (Phi) is 3.96. The maximum absolute atomic E-state index is 9.23. The second-order valence-corrected chi connectivity index (χ2v) is 5.80. The van der Waals surface area contributed by atoms with Gasteiger partial charge < -0.3 is 10.0 Å². The van der Waals surface area contributed by atoms with Crippen LogP contribution in [0.1, 0.15) is 19.3 Å². The smallest absolute Gasteiger partial charge is 0.148 e. The maximum Gasteiger partial charge on any atom is 0.148 e. The van der Waals surface area contributed by atoms with Crippen molar-refractivity contribution in [3.05, 3.63) is 28.4 Å². The number of nitrogens with zero attached hydrogens (tertiary/aromatic N) is 3. The monoisotopic (exact) mass is 311 g/mol. The molecule has 0 radical (unpaired) electrons. The van der Waals surface area contributed by atoms with E-state index in [9.17, 15) is 5.11 Å². The highest BCUT2D eigenvalue weighted by Gasteiger charge is 2.26. The number of rotatable bonds is 4. The fraction of sp³-hybridized carbons (Fsp3) is 0.429. The van der Waals surface area contributed by atoms with Gasteiger partial charge in [0.25, 0.3) is 0 Å². The molecule has 0 atom stereocenters.